The maximum atomic E-state index is 8.31. The molecule has 16 heavy (non-hydrogen) atoms. The quantitative estimate of drug-likeness (QED) is 0.222. The third-order valence-electron chi connectivity index (χ3n) is 2.54. The highest BCUT2D eigenvalue weighted by atomic mass is 15.1. The Hall–Kier alpha value is -1.38. The van der Waals surface area contributed by atoms with Crippen LogP contribution in [0.25, 0.3) is 20.9 Å². The lowest BCUT2D eigenvalue weighted by Crippen LogP contribution is -2.00. The van der Waals surface area contributed by atoms with Gasteiger partial charge >= 0.3 is 0 Å². The second-order valence-corrected chi connectivity index (χ2v) is 3.78. The molecule has 0 aliphatic heterocycles. The van der Waals surface area contributed by atoms with Crippen molar-refractivity contribution in [2.24, 2.45) is 10.2 Å². The Labute approximate surface area is 96.3 Å². The van der Waals surface area contributed by atoms with Crippen molar-refractivity contribution in [3.63, 3.8) is 0 Å². The van der Waals surface area contributed by atoms with Crippen molar-refractivity contribution in [2.45, 2.75) is 57.9 Å². The van der Waals surface area contributed by atoms with E-state index in [9.17, 15) is 0 Å². The second-order valence-electron chi connectivity index (χ2n) is 3.78. The van der Waals surface area contributed by atoms with Gasteiger partial charge in [0, 0.05) is 22.4 Å². The van der Waals surface area contributed by atoms with Crippen molar-refractivity contribution in [3.8, 4) is 0 Å². The van der Waals surface area contributed by atoms with Crippen molar-refractivity contribution in [3.05, 3.63) is 20.9 Å². The molecule has 0 bridgehead atoms. The van der Waals surface area contributed by atoms with Crippen molar-refractivity contribution in [1.82, 2.24) is 0 Å². The summed E-state index contributed by atoms with van der Waals surface area (Å²) in [6.45, 7) is 2.64. The molecule has 0 aromatic carbocycles. The van der Waals surface area contributed by atoms with Gasteiger partial charge in [-0.05, 0) is 30.3 Å². The van der Waals surface area contributed by atoms with E-state index in [1.54, 1.807) is 0 Å². The molecule has 0 aromatic rings. The zero-order valence-electron chi connectivity index (χ0n) is 9.92. The maximum absolute atomic E-state index is 8.31. The van der Waals surface area contributed by atoms with E-state index >= 15 is 0 Å². The Morgan fingerprint density at radius 2 is 1.69 bits per heavy atom. The Morgan fingerprint density at radius 3 is 2.31 bits per heavy atom. The number of azide groups is 2. The molecule has 6 heteroatoms. The van der Waals surface area contributed by atoms with Crippen molar-refractivity contribution in [2.75, 3.05) is 6.54 Å². The molecule has 0 radical (unpaired) electrons. The van der Waals surface area contributed by atoms with Crippen LogP contribution in [0, 0.1) is 0 Å². The van der Waals surface area contributed by atoms with E-state index < -0.39 is 0 Å². The first-order chi connectivity index (χ1) is 7.85. The molecule has 0 aliphatic rings. The van der Waals surface area contributed by atoms with Crippen LogP contribution in [0.2, 0.25) is 0 Å². The fraction of sp³-hybridized carbons (Fsp3) is 1.00. The van der Waals surface area contributed by atoms with Crippen molar-refractivity contribution >= 4 is 0 Å². The van der Waals surface area contributed by atoms with Gasteiger partial charge in [0.15, 0.2) is 0 Å². The highest BCUT2D eigenvalue weighted by Gasteiger charge is 2.01. The highest BCUT2D eigenvalue weighted by Crippen LogP contribution is 2.11. The molecule has 0 fully saturated rings. The SMILES string of the molecule is CCC(CCCCCCCN=[N+]=[N-])N=[N+]=[N-]. The smallest absolute Gasteiger partial charge is 0.0371 e. The fourth-order valence-corrected chi connectivity index (χ4v) is 1.55. The molecule has 0 heterocycles. The molecule has 0 aromatic heterocycles. The summed E-state index contributed by atoms with van der Waals surface area (Å²) in [5.74, 6) is 0. The van der Waals surface area contributed by atoms with Gasteiger partial charge in [0.1, 0.15) is 0 Å². The molecule has 6 nitrogen and oxygen atoms in total. The van der Waals surface area contributed by atoms with Gasteiger partial charge < -0.3 is 0 Å². The summed E-state index contributed by atoms with van der Waals surface area (Å²) in [5, 5.41) is 7.21. The van der Waals surface area contributed by atoms with Crippen LogP contribution in [-0.2, 0) is 0 Å². The minimum absolute atomic E-state index is 0.160. The van der Waals surface area contributed by atoms with Crippen LogP contribution in [0.5, 0.6) is 0 Å². The number of hydrogen-bond acceptors (Lipinski definition) is 2. The standard InChI is InChI=1S/C10H20N6/c1-2-10(14-16-12)8-6-4-3-5-7-9-13-15-11/h10H,2-9H2,1H3. The number of nitrogens with zero attached hydrogens (tertiary/aromatic N) is 6. The molecule has 90 valence electrons. The molecule has 0 saturated heterocycles. The van der Waals surface area contributed by atoms with Crippen LogP contribution in [0.1, 0.15) is 51.9 Å². The summed E-state index contributed by atoms with van der Waals surface area (Å²) in [5.41, 5.74) is 16.4. The van der Waals surface area contributed by atoms with E-state index in [-0.39, 0.29) is 6.04 Å². The average molecular weight is 224 g/mol. The summed E-state index contributed by atoms with van der Waals surface area (Å²) < 4.78 is 0. The maximum Gasteiger partial charge on any atom is 0.0371 e. The molecule has 0 saturated carbocycles. The van der Waals surface area contributed by atoms with Gasteiger partial charge in [-0.25, -0.2) is 0 Å². The lowest BCUT2D eigenvalue weighted by Gasteiger charge is -2.06. The van der Waals surface area contributed by atoms with Crippen molar-refractivity contribution < 1.29 is 0 Å². The van der Waals surface area contributed by atoms with E-state index in [0.717, 1.165) is 44.9 Å². The van der Waals surface area contributed by atoms with Gasteiger partial charge in [-0.2, -0.15) is 0 Å². The summed E-state index contributed by atoms with van der Waals surface area (Å²) in [4.78, 5) is 5.54. The van der Waals surface area contributed by atoms with Crippen molar-refractivity contribution in [1.29, 1.82) is 0 Å². The highest BCUT2D eigenvalue weighted by molar-refractivity contribution is 4.64. The average Bonchev–Trinajstić information content (AvgIpc) is 2.31. The fourth-order valence-electron chi connectivity index (χ4n) is 1.55. The van der Waals surface area contributed by atoms with Gasteiger partial charge in [0.05, 0.1) is 0 Å². The minimum Gasteiger partial charge on any atom is -0.0940 e. The number of unbranched alkanes of at least 4 members (excludes halogenated alkanes) is 4. The van der Waals surface area contributed by atoms with Gasteiger partial charge in [-0.3, -0.25) is 0 Å². The van der Waals surface area contributed by atoms with E-state index in [0.29, 0.717) is 6.54 Å². The lowest BCUT2D eigenvalue weighted by atomic mass is 10.1. The van der Waals surface area contributed by atoms with Crippen LogP contribution < -0.4 is 0 Å². The van der Waals surface area contributed by atoms with Crippen LogP contribution in [-0.4, -0.2) is 12.6 Å². The molecule has 0 amide bonds. The lowest BCUT2D eigenvalue weighted by molar-refractivity contribution is 0.526. The first kappa shape index (κ1) is 14.6. The first-order valence-corrected chi connectivity index (χ1v) is 5.90. The van der Waals surface area contributed by atoms with Crippen LogP contribution >= 0.6 is 0 Å². The van der Waals surface area contributed by atoms with E-state index in [2.05, 4.69) is 20.1 Å². The van der Waals surface area contributed by atoms with Crippen LogP contribution in [0.15, 0.2) is 10.2 Å². The summed E-state index contributed by atoms with van der Waals surface area (Å²) in [7, 11) is 0. The monoisotopic (exact) mass is 224 g/mol. The van der Waals surface area contributed by atoms with Gasteiger partial charge in [-0.1, -0.05) is 42.8 Å². The molecule has 0 spiro atoms. The van der Waals surface area contributed by atoms with Crippen LogP contribution in [0.4, 0.5) is 0 Å². The normalized spacial score (nSPS) is 11.3. The Morgan fingerprint density at radius 1 is 1.00 bits per heavy atom. The predicted octanol–water partition coefficient (Wildman–Crippen LogP) is 4.73. The number of rotatable bonds is 10. The minimum atomic E-state index is 0.160. The van der Waals surface area contributed by atoms with Crippen LogP contribution in [0.3, 0.4) is 0 Å². The van der Waals surface area contributed by atoms with Gasteiger partial charge in [0.25, 0.3) is 0 Å². The topological polar surface area (TPSA) is 97.5 Å². The zero-order valence-corrected chi connectivity index (χ0v) is 9.92. The van der Waals surface area contributed by atoms with Gasteiger partial charge in [0.2, 0.25) is 0 Å². The zero-order chi connectivity index (χ0) is 12.1. The molecular weight excluding hydrogens is 204 g/mol. The Balaban J connectivity index is 3.31. The predicted molar refractivity (Wildman–Crippen MR) is 64.9 cm³/mol. The molecule has 1 atom stereocenters. The van der Waals surface area contributed by atoms with E-state index in [1.807, 2.05) is 6.92 Å². The Bertz CT molecular complexity index is 252. The Kier molecular flexibility index (Phi) is 10.7. The van der Waals surface area contributed by atoms with E-state index in [1.165, 1.54) is 0 Å². The third kappa shape index (κ3) is 9.19. The summed E-state index contributed by atoms with van der Waals surface area (Å²) in [6, 6.07) is 0.160. The molecule has 1 unspecified atom stereocenters. The summed E-state index contributed by atoms with van der Waals surface area (Å²) >= 11 is 0. The third-order valence-corrected chi connectivity index (χ3v) is 2.54. The largest absolute Gasteiger partial charge is 0.0940 e. The first-order valence-electron chi connectivity index (χ1n) is 5.90. The molecule has 0 N–H and O–H groups in total. The molecule has 0 rings (SSSR count). The molecule has 0 aliphatic carbocycles. The number of hydrogen-bond donors (Lipinski definition) is 0. The summed E-state index contributed by atoms with van der Waals surface area (Å²) in [6.07, 6.45) is 7.41. The van der Waals surface area contributed by atoms with E-state index in [4.69, 9.17) is 11.1 Å². The van der Waals surface area contributed by atoms with Gasteiger partial charge in [-0.15, -0.1) is 0 Å². The second kappa shape index (κ2) is 11.7. The molecular formula is C10H20N6.